The molecule has 6 heteroatoms. The molecule has 2 aromatic carbocycles. The Morgan fingerprint density at radius 1 is 0.610 bits per heavy atom. The standard InChI is InChI=1S/C35H54O5Si/c1-35(2,3)41(31-24-16-12-17-25-31,32-26-18-13-19-27-32)40-30(22-14-8-6-10-20-28-33(36)38-4)23-15-9-7-11-21-29-34(37)39-5/h12-13,16-19,24-27,30H,6-11,14-15,20-23,28-29H2,1-5H3. The molecule has 0 spiro atoms. The Morgan fingerprint density at radius 3 is 1.34 bits per heavy atom. The van der Waals surface area contributed by atoms with E-state index in [1.54, 1.807) is 0 Å². The third-order valence-corrected chi connectivity index (χ3v) is 13.1. The summed E-state index contributed by atoms with van der Waals surface area (Å²) < 4.78 is 17.1. The van der Waals surface area contributed by atoms with Crippen LogP contribution in [0.15, 0.2) is 60.7 Å². The Bertz CT molecular complexity index is 917. The Balaban J connectivity index is 2.14. The van der Waals surface area contributed by atoms with Crippen molar-refractivity contribution in [2.75, 3.05) is 14.2 Å². The van der Waals surface area contributed by atoms with Crippen molar-refractivity contribution < 1.29 is 23.5 Å². The van der Waals surface area contributed by atoms with Gasteiger partial charge in [0.2, 0.25) is 0 Å². The fraction of sp³-hybridized carbons (Fsp3) is 0.600. The van der Waals surface area contributed by atoms with Crippen LogP contribution in [0.25, 0.3) is 0 Å². The van der Waals surface area contributed by atoms with E-state index in [-0.39, 0.29) is 23.1 Å². The summed E-state index contributed by atoms with van der Waals surface area (Å²) in [5.41, 5.74) is 0. The third-order valence-electron chi connectivity index (χ3n) is 8.03. The van der Waals surface area contributed by atoms with Crippen LogP contribution < -0.4 is 10.4 Å². The van der Waals surface area contributed by atoms with Crippen molar-refractivity contribution in [3.8, 4) is 0 Å². The zero-order valence-corrected chi connectivity index (χ0v) is 27.3. The van der Waals surface area contributed by atoms with Gasteiger partial charge in [0.15, 0.2) is 0 Å². The van der Waals surface area contributed by atoms with Gasteiger partial charge >= 0.3 is 11.9 Å². The van der Waals surface area contributed by atoms with Gasteiger partial charge < -0.3 is 13.9 Å². The molecule has 0 atom stereocenters. The van der Waals surface area contributed by atoms with Crippen molar-refractivity contribution >= 4 is 30.6 Å². The van der Waals surface area contributed by atoms with E-state index in [0.29, 0.717) is 12.8 Å². The van der Waals surface area contributed by atoms with E-state index in [0.717, 1.165) is 77.0 Å². The molecule has 5 nitrogen and oxygen atoms in total. The van der Waals surface area contributed by atoms with Crippen LogP contribution in [0.1, 0.15) is 111 Å². The van der Waals surface area contributed by atoms with Crippen LogP contribution in [-0.4, -0.2) is 40.6 Å². The number of benzene rings is 2. The van der Waals surface area contributed by atoms with E-state index in [4.69, 9.17) is 13.9 Å². The highest BCUT2D eigenvalue weighted by molar-refractivity contribution is 6.99. The first-order valence-corrected chi connectivity index (χ1v) is 17.6. The van der Waals surface area contributed by atoms with Crippen LogP contribution in [0, 0.1) is 0 Å². The smallest absolute Gasteiger partial charge is 0.305 e. The zero-order valence-electron chi connectivity index (χ0n) is 26.3. The van der Waals surface area contributed by atoms with Crippen molar-refractivity contribution in [2.45, 2.75) is 122 Å². The lowest BCUT2D eigenvalue weighted by molar-refractivity contribution is -0.141. The van der Waals surface area contributed by atoms with Crippen molar-refractivity contribution in [2.24, 2.45) is 0 Å². The van der Waals surface area contributed by atoms with Gasteiger partial charge in [0.25, 0.3) is 8.32 Å². The lowest BCUT2D eigenvalue weighted by Crippen LogP contribution is -2.67. The van der Waals surface area contributed by atoms with E-state index >= 15 is 0 Å². The largest absolute Gasteiger partial charge is 0.469 e. The molecule has 228 valence electrons. The SMILES string of the molecule is COC(=O)CCCCCCCC(CCCCCCCC(=O)OC)O[Si](c1ccccc1)(c1ccccc1)C(C)(C)C. The first kappa shape index (κ1) is 34.8. The average Bonchev–Trinajstić information content (AvgIpc) is 2.98. The molecule has 0 saturated carbocycles. The highest BCUT2D eigenvalue weighted by Crippen LogP contribution is 2.38. The van der Waals surface area contributed by atoms with Crippen molar-refractivity contribution in [3.63, 3.8) is 0 Å². The second-order valence-electron chi connectivity index (χ2n) is 12.2. The quantitative estimate of drug-likeness (QED) is 0.0908. The fourth-order valence-electron chi connectivity index (χ4n) is 5.75. The molecule has 0 aromatic heterocycles. The molecule has 0 bridgehead atoms. The number of hydrogen-bond acceptors (Lipinski definition) is 5. The Hall–Kier alpha value is -2.44. The maximum atomic E-state index is 11.4. The topological polar surface area (TPSA) is 61.8 Å². The van der Waals surface area contributed by atoms with E-state index in [1.165, 1.54) is 24.6 Å². The highest BCUT2D eigenvalue weighted by Gasteiger charge is 2.51. The van der Waals surface area contributed by atoms with Gasteiger partial charge in [-0.3, -0.25) is 9.59 Å². The summed E-state index contributed by atoms with van der Waals surface area (Å²) in [6.07, 6.45) is 14.0. The van der Waals surface area contributed by atoms with Gasteiger partial charge in [0, 0.05) is 18.9 Å². The van der Waals surface area contributed by atoms with Crippen LogP contribution in [-0.2, 0) is 23.5 Å². The molecule has 0 unspecified atom stereocenters. The first-order valence-electron chi connectivity index (χ1n) is 15.7. The summed E-state index contributed by atoms with van der Waals surface area (Å²) >= 11 is 0. The number of hydrogen-bond donors (Lipinski definition) is 0. The minimum absolute atomic E-state index is 0.0459. The summed E-state index contributed by atoms with van der Waals surface area (Å²) in [6, 6.07) is 21.8. The second kappa shape index (κ2) is 18.9. The summed E-state index contributed by atoms with van der Waals surface area (Å²) in [5, 5.41) is 2.61. The van der Waals surface area contributed by atoms with Gasteiger partial charge in [0.1, 0.15) is 0 Å². The van der Waals surface area contributed by atoms with Crippen molar-refractivity contribution in [1.82, 2.24) is 0 Å². The number of ether oxygens (including phenoxy) is 2. The molecule has 0 aliphatic rings. The zero-order chi connectivity index (χ0) is 30.0. The lowest BCUT2D eigenvalue weighted by atomic mass is 10.0. The van der Waals surface area contributed by atoms with Crippen LogP contribution in [0.2, 0.25) is 5.04 Å². The minimum atomic E-state index is -2.61. The number of esters is 2. The van der Waals surface area contributed by atoms with Gasteiger partial charge in [-0.2, -0.15) is 0 Å². The Labute approximate surface area is 250 Å². The molecule has 0 radical (unpaired) electrons. The average molecular weight is 583 g/mol. The van der Waals surface area contributed by atoms with Gasteiger partial charge in [-0.05, 0) is 41.1 Å². The molecule has 0 heterocycles. The Kier molecular flexibility index (Phi) is 16.0. The molecular weight excluding hydrogens is 528 g/mol. The molecule has 0 N–H and O–H groups in total. The maximum Gasteiger partial charge on any atom is 0.305 e. The molecule has 41 heavy (non-hydrogen) atoms. The van der Waals surface area contributed by atoms with E-state index in [2.05, 4.69) is 81.4 Å². The molecule has 0 aliphatic heterocycles. The van der Waals surface area contributed by atoms with Crippen LogP contribution in [0.3, 0.4) is 0 Å². The fourth-order valence-corrected chi connectivity index (χ4v) is 10.5. The monoisotopic (exact) mass is 582 g/mol. The highest BCUT2D eigenvalue weighted by atomic mass is 28.4. The number of unbranched alkanes of at least 4 members (excludes halogenated alkanes) is 8. The van der Waals surface area contributed by atoms with Gasteiger partial charge in [0.05, 0.1) is 14.2 Å². The summed E-state index contributed by atoms with van der Waals surface area (Å²) in [5.74, 6) is -0.233. The predicted molar refractivity (Wildman–Crippen MR) is 171 cm³/mol. The van der Waals surface area contributed by atoms with Crippen LogP contribution in [0.5, 0.6) is 0 Å². The molecular formula is C35H54O5Si. The third kappa shape index (κ3) is 11.8. The Morgan fingerprint density at radius 2 is 0.976 bits per heavy atom. The van der Waals surface area contributed by atoms with E-state index in [9.17, 15) is 9.59 Å². The van der Waals surface area contributed by atoms with Gasteiger partial charge in [-0.15, -0.1) is 0 Å². The molecule has 0 saturated heterocycles. The molecule has 2 aromatic rings. The summed E-state index contributed by atoms with van der Waals surface area (Å²) in [6.45, 7) is 7.04. The normalized spacial score (nSPS) is 12.0. The second-order valence-corrected chi connectivity index (χ2v) is 16.4. The number of carbonyl (C=O) groups is 2. The van der Waals surface area contributed by atoms with Gasteiger partial charge in [-0.1, -0.05) is 133 Å². The number of carbonyl (C=O) groups excluding carboxylic acids is 2. The first-order chi connectivity index (χ1) is 19.7. The predicted octanol–water partition coefficient (Wildman–Crippen LogP) is 7.74. The van der Waals surface area contributed by atoms with Crippen LogP contribution >= 0.6 is 0 Å². The summed E-state index contributed by atoms with van der Waals surface area (Å²) in [7, 11) is 0.299. The lowest BCUT2D eigenvalue weighted by Gasteiger charge is -2.45. The molecule has 0 aliphatic carbocycles. The number of methoxy groups -OCH3 is 2. The van der Waals surface area contributed by atoms with E-state index < -0.39 is 8.32 Å². The molecule has 0 amide bonds. The van der Waals surface area contributed by atoms with Crippen molar-refractivity contribution in [3.05, 3.63) is 60.7 Å². The minimum Gasteiger partial charge on any atom is -0.469 e. The maximum absolute atomic E-state index is 11.4. The van der Waals surface area contributed by atoms with Crippen molar-refractivity contribution in [1.29, 1.82) is 0 Å². The summed E-state index contributed by atoms with van der Waals surface area (Å²) in [4.78, 5) is 22.8. The molecule has 2 rings (SSSR count). The molecule has 0 fully saturated rings. The van der Waals surface area contributed by atoms with Gasteiger partial charge in [-0.25, -0.2) is 0 Å². The van der Waals surface area contributed by atoms with E-state index in [1.807, 2.05) is 0 Å². The van der Waals surface area contributed by atoms with Crippen LogP contribution in [0.4, 0.5) is 0 Å². The number of rotatable bonds is 20.